The van der Waals surface area contributed by atoms with Gasteiger partial charge in [-0.25, -0.2) is 15.0 Å². The fourth-order valence-corrected chi connectivity index (χ4v) is 5.99. The maximum atomic E-state index is 5.01. The second kappa shape index (κ2) is 11.0. The van der Waals surface area contributed by atoms with Crippen molar-refractivity contribution in [3.05, 3.63) is 157 Å². The maximum Gasteiger partial charge on any atom is 0.164 e. The Morgan fingerprint density at radius 2 is 0.844 bits per heavy atom. The van der Waals surface area contributed by atoms with E-state index in [1.54, 1.807) is 0 Å². The summed E-state index contributed by atoms with van der Waals surface area (Å²) < 4.78 is 2.34. The average molecular weight is 579 g/mol. The summed E-state index contributed by atoms with van der Waals surface area (Å²) >= 11 is 0. The van der Waals surface area contributed by atoms with E-state index in [9.17, 15) is 0 Å². The number of benzene rings is 6. The number of hydrogen-bond donors (Lipinski definition) is 0. The highest BCUT2D eigenvalue weighted by Crippen LogP contribution is 2.35. The molecule has 2 aromatic heterocycles. The minimum Gasteiger partial charge on any atom is -0.309 e. The maximum absolute atomic E-state index is 5.01. The molecule has 4 heteroatoms. The number of rotatable bonds is 5. The Labute approximate surface area is 262 Å². The van der Waals surface area contributed by atoms with Crippen LogP contribution in [0.15, 0.2) is 146 Å². The van der Waals surface area contributed by atoms with Gasteiger partial charge in [-0.1, -0.05) is 120 Å². The van der Waals surface area contributed by atoms with Gasteiger partial charge in [-0.2, -0.15) is 0 Å². The minimum absolute atomic E-state index is 0.655. The fraction of sp³-hybridized carbons (Fsp3) is 0.0488. The lowest BCUT2D eigenvalue weighted by Crippen LogP contribution is -2.00. The second-order valence-corrected chi connectivity index (χ2v) is 11.5. The van der Waals surface area contributed by atoms with Crippen molar-refractivity contribution in [2.24, 2.45) is 0 Å². The van der Waals surface area contributed by atoms with Crippen molar-refractivity contribution in [3.63, 3.8) is 0 Å². The van der Waals surface area contributed by atoms with Crippen LogP contribution < -0.4 is 0 Å². The SMILES string of the molecule is Cc1ccc(-c2nc(-c3ccc(C)cc3)nc(-c3ccc4c(c3)c3ccccc3n4-c3ccc(-c4ccccc4)cc3)n2)cc1. The predicted molar refractivity (Wildman–Crippen MR) is 185 cm³/mol. The van der Waals surface area contributed by atoms with E-state index in [1.807, 2.05) is 6.07 Å². The van der Waals surface area contributed by atoms with E-state index >= 15 is 0 Å². The van der Waals surface area contributed by atoms with Crippen molar-refractivity contribution in [3.8, 4) is 51.0 Å². The molecule has 0 aliphatic rings. The van der Waals surface area contributed by atoms with Crippen LogP contribution in [0.2, 0.25) is 0 Å². The highest BCUT2D eigenvalue weighted by atomic mass is 15.0. The van der Waals surface area contributed by atoms with Gasteiger partial charge in [0.15, 0.2) is 17.5 Å². The van der Waals surface area contributed by atoms with Gasteiger partial charge < -0.3 is 4.57 Å². The van der Waals surface area contributed by atoms with Crippen molar-refractivity contribution in [2.75, 3.05) is 0 Å². The summed E-state index contributed by atoms with van der Waals surface area (Å²) in [4.78, 5) is 14.9. The molecule has 214 valence electrons. The molecule has 8 aromatic rings. The Bertz CT molecular complexity index is 2240. The lowest BCUT2D eigenvalue weighted by atomic mass is 10.1. The van der Waals surface area contributed by atoms with Gasteiger partial charge in [-0.15, -0.1) is 0 Å². The number of aryl methyl sites for hydroxylation is 2. The van der Waals surface area contributed by atoms with E-state index in [2.05, 4.69) is 158 Å². The smallest absolute Gasteiger partial charge is 0.164 e. The molecular formula is C41H30N4. The minimum atomic E-state index is 0.655. The summed E-state index contributed by atoms with van der Waals surface area (Å²) in [7, 11) is 0. The van der Waals surface area contributed by atoms with E-state index in [0.717, 1.165) is 38.8 Å². The average Bonchev–Trinajstić information content (AvgIpc) is 3.43. The van der Waals surface area contributed by atoms with Gasteiger partial charge in [0.2, 0.25) is 0 Å². The van der Waals surface area contributed by atoms with Crippen molar-refractivity contribution in [1.29, 1.82) is 0 Å². The van der Waals surface area contributed by atoms with Gasteiger partial charge in [0.25, 0.3) is 0 Å². The molecule has 0 N–H and O–H groups in total. The van der Waals surface area contributed by atoms with E-state index in [1.165, 1.54) is 27.6 Å². The van der Waals surface area contributed by atoms with Crippen molar-refractivity contribution in [1.82, 2.24) is 19.5 Å². The van der Waals surface area contributed by atoms with Crippen LogP contribution in [0.3, 0.4) is 0 Å². The monoisotopic (exact) mass is 578 g/mol. The molecule has 0 spiro atoms. The van der Waals surface area contributed by atoms with Gasteiger partial charge in [0.05, 0.1) is 11.0 Å². The van der Waals surface area contributed by atoms with Crippen LogP contribution in [0.25, 0.3) is 72.8 Å². The Morgan fingerprint density at radius 1 is 0.378 bits per heavy atom. The summed E-state index contributed by atoms with van der Waals surface area (Å²) in [5.41, 5.74) is 11.1. The molecule has 0 atom stereocenters. The molecular weight excluding hydrogens is 548 g/mol. The van der Waals surface area contributed by atoms with E-state index < -0.39 is 0 Å². The molecule has 2 heterocycles. The number of para-hydroxylation sites is 1. The molecule has 0 amide bonds. The van der Waals surface area contributed by atoms with E-state index in [-0.39, 0.29) is 0 Å². The zero-order chi connectivity index (χ0) is 30.3. The Balaban J connectivity index is 1.28. The normalized spacial score (nSPS) is 11.3. The highest BCUT2D eigenvalue weighted by molar-refractivity contribution is 6.10. The molecule has 0 saturated carbocycles. The summed E-state index contributed by atoms with van der Waals surface area (Å²) in [5, 5.41) is 2.34. The van der Waals surface area contributed by atoms with Crippen LogP contribution >= 0.6 is 0 Å². The topological polar surface area (TPSA) is 43.6 Å². The molecule has 4 nitrogen and oxygen atoms in total. The molecule has 45 heavy (non-hydrogen) atoms. The second-order valence-electron chi connectivity index (χ2n) is 11.5. The molecule has 0 aliphatic carbocycles. The summed E-state index contributed by atoms with van der Waals surface area (Å²) in [6, 6.07) is 51.1. The molecule has 0 bridgehead atoms. The third kappa shape index (κ3) is 4.96. The first-order valence-corrected chi connectivity index (χ1v) is 15.2. The molecule has 0 radical (unpaired) electrons. The zero-order valence-electron chi connectivity index (χ0n) is 25.1. The first kappa shape index (κ1) is 26.7. The number of hydrogen-bond acceptors (Lipinski definition) is 3. The third-order valence-electron chi connectivity index (χ3n) is 8.42. The van der Waals surface area contributed by atoms with Gasteiger partial charge in [0.1, 0.15) is 0 Å². The molecule has 0 aliphatic heterocycles. The molecule has 0 saturated heterocycles. The van der Waals surface area contributed by atoms with Crippen molar-refractivity contribution in [2.45, 2.75) is 13.8 Å². The van der Waals surface area contributed by atoms with Gasteiger partial charge >= 0.3 is 0 Å². The number of aromatic nitrogens is 4. The standard InChI is InChI=1S/C41H30N4/c1-27-12-16-31(17-13-27)39-42-40(32-18-14-28(2)15-19-32)44-41(43-39)33-22-25-38-36(26-33)35-10-6-7-11-37(35)45(38)34-23-20-30(21-24-34)29-8-4-3-5-9-29/h3-26H,1-2H3. The van der Waals surface area contributed by atoms with Crippen LogP contribution in [0.1, 0.15) is 11.1 Å². The third-order valence-corrected chi connectivity index (χ3v) is 8.42. The quantitative estimate of drug-likeness (QED) is 0.204. The Hall–Kier alpha value is -5.87. The van der Waals surface area contributed by atoms with Gasteiger partial charge in [0, 0.05) is 33.2 Å². The van der Waals surface area contributed by atoms with Crippen molar-refractivity contribution >= 4 is 21.8 Å². The van der Waals surface area contributed by atoms with Crippen LogP contribution in [0, 0.1) is 13.8 Å². The number of fused-ring (bicyclic) bond motifs is 3. The lowest BCUT2D eigenvalue weighted by molar-refractivity contribution is 1.07. The first-order valence-electron chi connectivity index (χ1n) is 15.2. The van der Waals surface area contributed by atoms with Gasteiger partial charge in [-0.05, 0) is 61.4 Å². The van der Waals surface area contributed by atoms with E-state index in [0.29, 0.717) is 17.5 Å². The number of nitrogens with zero attached hydrogens (tertiary/aromatic N) is 4. The summed E-state index contributed by atoms with van der Waals surface area (Å²) in [5.74, 6) is 1.98. The molecule has 8 rings (SSSR count). The Morgan fingerprint density at radius 3 is 1.47 bits per heavy atom. The highest BCUT2D eigenvalue weighted by Gasteiger charge is 2.16. The first-order chi connectivity index (χ1) is 22.1. The van der Waals surface area contributed by atoms with Crippen molar-refractivity contribution < 1.29 is 0 Å². The van der Waals surface area contributed by atoms with Crippen LogP contribution in [-0.4, -0.2) is 19.5 Å². The summed E-state index contributed by atoms with van der Waals surface area (Å²) in [6.45, 7) is 4.17. The molecule has 0 unspecified atom stereocenters. The summed E-state index contributed by atoms with van der Waals surface area (Å²) in [6.07, 6.45) is 0. The van der Waals surface area contributed by atoms with Crippen LogP contribution in [0.4, 0.5) is 0 Å². The van der Waals surface area contributed by atoms with E-state index in [4.69, 9.17) is 15.0 Å². The van der Waals surface area contributed by atoms with Crippen LogP contribution in [0.5, 0.6) is 0 Å². The predicted octanol–water partition coefficient (Wildman–Crippen LogP) is 10.3. The van der Waals surface area contributed by atoms with Crippen LogP contribution in [-0.2, 0) is 0 Å². The molecule has 0 fully saturated rings. The fourth-order valence-electron chi connectivity index (χ4n) is 5.99. The lowest BCUT2D eigenvalue weighted by Gasteiger charge is -2.11. The molecule has 6 aromatic carbocycles. The Kier molecular flexibility index (Phi) is 6.54. The largest absolute Gasteiger partial charge is 0.309 e. The zero-order valence-corrected chi connectivity index (χ0v) is 25.1. The van der Waals surface area contributed by atoms with Gasteiger partial charge in [-0.3, -0.25) is 0 Å².